The molecule has 1 atom stereocenters. The van der Waals surface area contributed by atoms with E-state index in [4.69, 9.17) is 14.6 Å². The number of methoxy groups -OCH3 is 2. The molecule has 5 nitrogen and oxygen atoms in total. The van der Waals surface area contributed by atoms with Gasteiger partial charge in [-0.15, -0.1) is 17.9 Å². The highest BCUT2D eigenvalue weighted by Crippen LogP contribution is 2.33. The van der Waals surface area contributed by atoms with Crippen LogP contribution in [-0.2, 0) is 0 Å². The van der Waals surface area contributed by atoms with Gasteiger partial charge in [0, 0.05) is 17.2 Å². The zero-order valence-electron chi connectivity index (χ0n) is 15.8. The van der Waals surface area contributed by atoms with Crippen LogP contribution in [0.5, 0.6) is 11.5 Å². The van der Waals surface area contributed by atoms with Crippen LogP contribution in [0.15, 0.2) is 58.5 Å². The molecule has 0 amide bonds. The van der Waals surface area contributed by atoms with Crippen molar-refractivity contribution in [2.45, 2.75) is 19.3 Å². The van der Waals surface area contributed by atoms with Gasteiger partial charge in [0.2, 0.25) is 4.80 Å². The monoisotopic (exact) mass is 383 g/mol. The van der Waals surface area contributed by atoms with Gasteiger partial charge in [-0.05, 0) is 43.4 Å². The molecule has 0 saturated heterocycles. The molecule has 142 valence electrons. The van der Waals surface area contributed by atoms with Crippen molar-refractivity contribution in [1.29, 1.82) is 0 Å². The van der Waals surface area contributed by atoms with E-state index in [2.05, 4.69) is 29.1 Å². The molecule has 0 radical (unpaired) electrons. The number of aromatic nitrogens is 1. The van der Waals surface area contributed by atoms with Gasteiger partial charge in [-0.3, -0.25) is 4.99 Å². The molecule has 2 aromatic rings. The summed E-state index contributed by atoms with van der Waals surface area (Å²) in [5.41, 5.74) is 1.86. The maximum Gasteiger partial charge on any atom is 0.206 e. The number of hydrogen-bond donors (Lipinski definition) is 0. The molecule has 27 heavy (non-hydrogen) atoms. The Morgan fingerprint density at radius 1 is 1.30 bits per heavy atom. The highest BCUT2D eigenvalue weighted by atomic mass is 32.1. The fraction of sp³-hybridized carbons (Fsp3) is 0.333. The number of nitrogens with zero attached hydrogens (tertiary/aromatic N) is 3. The van der Waals surface area contributed by atoms with Gasteiger partial charge in [0.25, 0.3) is 0 Å². The molecule has 1 aromatic heterocycles. The third-order valence-corrected chi connectivity index (χ3v) is 5.28. The summed E-state index contributed by atoms with van der Waals surface area (Å²) in [4.78, 5) is 5.43. The summed E-state index contributed by atoms with van der Waals surface area (Å²) < 4.78 is 12.9. The minimum Gasteiger partial charge on any atom is -0.497 e. The smallest absolute Gasteiger partial charge is 0.206 e. The van der Waals surface area contributed by atoms with E-state index in [0.717, 1.165) is 46.8 Å². The molecular formula is C21H25N3O2S. The van der Waals surface area contributed by atoms with E-state index in [0.29, 0.717) is 12.5 Å². The van der Waals surface area contributed by atoms with E-state index in [9.17, 15) is 0 Å². The van der Waals surface area contributed by atoms with E-state index in [1.165, 1.54) is 0 Å². The molecule has 0 N–H and O–H groups in total. The summed E-state index contributed by atoms with van der Waals surface area (Å²) in [6.07, 6.45) is 11.6. The molecule has 1 aliphatic rings. The largest absolute Gasteiger partial charge is 0.497 e. The molecule has 3 rings (SSSR count). The predicted molar refractivity (Wildman–Crippen MR) is 112 cm³/mol. The Hall–Kier alpha value is -2.60. The van der Waals surface area contributed by atoms with Crippen molar-refractivity contribution >= 4 is 17.6 Å². The van der Waals surface area contributed by atoms with Gasteiger partial charge in [-0.2, -0.15) is 5.10 Å². The SMILES string of the molecule is C=CCN=c1scc(-c2cc(OC)ccc2OC)n1N=CC1CC=CCC1. The van der Waals surface area contributed by atoms with Crippen LogP contribution < -0.4 is 14.3 Å². The maximum atomic E-state index is 5.57. The van der Waals surface area contributed by atoms with Gasteiger partial charge < -0.3 is 9.47 Å². The number of thiazole rings is 1. The number of hydrogen-bond acceptors (Lipinski definition) is 5. The molecule has 1 aliphatic carbocycles. The first-order valence-electron chi connectivity index (χ1n) is 9.00. The Morgan fingerprint density at radius 2 is 2.19 bits per heavy atom. The standard InChI is InChI=1S/C21H25N3O2S/c1-4-12-22-21-24(23-14-16-8-6-5-7-9-16)19(15-27-21)18-13-17(25-2)10-11-20(18)26-3/h4-6,10-11,13-16H,1,7-9,12H2,2-3H3. The van der Waals surface area contributed by atoms with Crippen LogP contribution in [0.4, 0.5) is 0 Å². The molecule has 1 heterocycles. The second-order valence-electron chi connectivity index (χ2n) is 6.22. The summed E-state index contributed by atoms with van der Waals surface area (Å²) >= 11 is 1.55. The molecule has 0 spiro atoms. The van der Waals surface area contributed by atoms with Crippen LogP contribution in [0.1, 0.15) is 19.3 Å². The van der Waals surface area contributed by atoms with Crippen molar-refractivity contribution in [3.05, 3.63) is 53.2 Å². The molecular weight excluding hydrogens is 358 g/mol. The molecule has 0 saturated carbocycles. The van der Waals surface area contributed by atoms with Gasteiger partial charge in [0.05, 0.1) is 26.5 Å². The summed E-state index contributed by atoms with van der Waals surface area (Å²) in [5.74, 6) is 2.00. The second kappa shape index (κ2) is 9.37. The molecule has 0 bridgehead atoms. The predicted octanol–water partition coefficient (Wildman–Crippen LogP) is 4.51. The highest BCUT2D eigenvalue weighted by Gasteiger charge is 2.14. The second-order valence-corrected chi connectivity index (χ2v) is 7.06. The van der Waals surface area contributed by atoms with Gasteiger partial charge in [0.1, 0.15) is 11.5 Å². The Labute approximate surface area is 164 Å². The van der Waals surface area contributed by atoms with Crippen LogP contribution >= 0.6 is 11.3 Å². The van der Waals surface area contributed by atoms with Crippen molar-refractivity contribution in [3.8, 4) is 22.8 Å². The Bertz CT molecular complexity index is 908. The van der Waals surface area contributed by atoms with E-state index < -0.39 is 0 Å². The van der Waals surface area contributed by atoms with Gasteiger partial charge in [-0.1, -0.05) is 18.2 Å². The van der Waals surface area contributed by atoms with Crippen molar-refractivity contribution in [2.75, 3.05) is 20.8 Å². The van der Waals surface area contributed by atoms with Crippen LogP contribution in [0.3, 0.4) is 0 Å². The summed E-state index contributed by atoms with van der Waals surface area (Å²) in [5, 5.41) is 6.85. The summed E-state index contributed by atoms with van der Waals surface area (Å²) in [7, 11) is 3.33. The van der Waals surface area contributed by atoms with Crippen LogP contribution in [0.25, 0.3) is 11.3 Å². The summed E-state index contributed by atoms with van der Waals surface area (Å²) in [6, 6.07) is 5.76. The van der Waals surface area contributed by atoms with Crippen molar-refractivity contribution < 1.29 is 9.47 Å². The van der Waals surface area contributed by atoms with E-state index in [-0.39, 0.29) is 0 Å². The molecule has 6 heteroatoms. The number of allylic oxidation sites excluding steroid dienone is 2. The van der Waals surface area contributed by atoms with Gasteiger partial charge in [0.15, 0.2) is 0 Å². The van der Waals surface area contributed by atoms with Crippen LogP contribution in [-0.4, -0.2) is 31.7 Å². The van der Waals surface area contributed by atoms with Crippen LogP contribution in [0.2, 0.25) is 0 Å². The Balaban J connectivity index is 2.08. The maximum absolute atomic E-state index is 5.57. The van der Waals surface area contributed by atoms with Gasteiger partial charge >= 0.3 is 0 Å². The van der Waals surface area contributed by atoms with Gasteiger partial charge in [-0.25, -0.2) is 4.68 Å². The third-order valence-electron chi connectivity index (χ3n) is 4.43. The first-order valence-corrected chi connectivity index (χ1v) is 9.88. The van der Waals surface area contributed by atoms with Crippen molar-refractivity contribution in [3.63, 3.8) is 0 Å². The lowest BCUT2D eigenvalue weighted by Gasteiger charge is -2.13. The lowest BCUT2D eigenvalue weighted by atomic mass is 9.96. The first-order chi connectivity index (χ1) is 13.3. The highest BCUT2D eigenvalue weighted by molar-refractivity contribution is 7.07. The van der Waals surface area contributed by atoms with Crippen LogP contribution in [0, 0.1) is 5.92 Å². The lowest BCUT2D eigenvalue weighted by molar-refractivity contribution is 0.404. The lowest BCUT2D eigenvalue weighted by Crippen LogP contribution is -2.14. The zero-order valence-corrected chi connectivity index (χ0v) is 16.6. The van der Waals surface area contributed by atoms with E-state index in [1.807, 2.05) is 29.1 Å². The van der Waals surface area contributed by atoms with E-state index >= 15 is 0 Å². The average molecular weight is 384 g/mol. The van der Waals surface area contributed by atoms with E-state index in [1.54, 1.807) is 31.6 Å². The Kier molecular flexibility index (Phi) is 6.65. The fourth-order valence-electron chi connectivity index (χ4n) is 2.98. The fourth-order valence-corrected chi connectivity index (χ4v) is 3.81. The molecule has 1 aromatic carbocycles. The summed E-state index contributed by atoms with van der Waals surface area (Å²) in [6.45, 7) is 4.31. The Morgan fingerprint density at radius 3 is 2.89 bits per heavy atom. The molecule has 0 fully saturated rings. The minimum absolute atomic E-state index is 0.453. The molecule has 0 aliphatic heterocycles. The average Bonchev–Trinajstić information content (AvgIpc) is 3.13. The number of ether oxygens (including phenoxy) is 2. The topological polar surface area (TPSA) is 48.1 Å². The van der Waals surface area contributed by atoms with Crippen molar-refractivity contribution in [1.82, 2.24) is 4.68 Å². The minimum atomic E-state index is 0.453. The third kappa shape index (κ3) is 4.57. The number of benzene rings is 1. The quantitative estimate of drug-likeness (QED) is 0.522. The number of rotatable bonds is 7. The normalized spacial score (nSPS) is 17.4. The molecule has 1 unspecified atom stereocenters. The first kappa shape index (κ1) is 19.2. The zero-order chi connectivity index (χ0) is 19.1. The van der Waals surface area contributed by atoms with Crippen molar-refractivity contribution in [2.24, 2.45) is 16.0 Å².